The highest BCUT2D eigenvalue weighted by Crippen LogP contribution is 2.39. The number of nitrogens with zero attached hydrogens (tertiary/aromatic N) is 3. The van der Waals surface area contributed by atoms with Gasteiger partial charge in [-0.05, 0) is 43.8 Å². The second-order valence-electron chi connectivity index (χ2n) is 8.46. The summed E-state index contributed by atoms with van der Waals surface area (Å²) in [4.78, 5) is 33.6. The molecule has 3 heterocycles. The highest BCUT2D eigenvalue weighted by atomic mass is 16.6. The number of aromatic nitrogens is 3. The zero-order chi connectivity index (χ0) is 23.6. The number of hydrogen-bond acceptors (Lipinski definition) is 7. The molecule has 1 aliphatic rings. The van der Waals surface area contributed by atoms with E-state index in [2.05, 4.69) is 34.4 Å². The molecule has 3 aromatic rings. The number of nitrogens with one attached hydrogen (secondary N) is 2. The number of aryl methyl sites for hydroxylation is 1. The standard InChI is InChI=1S/C24H27N5O4/c1-5-32-23(31)29-19-8-9-25-14-24(3,4)21(19)18-7-6-17(10-20(18)29)33-22(30)28-13-16-12-26-15(2)11-27-16/h6-12,25H,5,13-14H2,1-4H3,(H,28,30). The molecular weight excluding hydrogens is 422 g/mol. The number of carbonyl (C=O) groups is 2. The molecule has 0 bridgehead atoms. The van der Waals surface area contributed by atoms with Gasteiger partial charge in [0, 0.05) is 29.6 Å². The van der Waals surface area contributed by atoms with E-state index in [0.29, 0.717) is 23.5 Å². The van der Waals surface area contributed by atoms with Gasteiger partial charge in [-0.15, -0.1) is 0 Å². The zero-order valence-corrected chi connectivity index (χ0v) is 19.1. The van der Waals surface area contributed by atoms with Crippen molar-refractivity contribution in [2.24, 2.45) is 0 Å². The largest absolute Gasteiger partial charge is 0.449 e. The van der Waals surface area contributed by atoms with E-state index < -0.39 is 12.2 Å². The lowest BCUT2D eigenvalue weighted by Crippen LogP contribution is -2.29. The molecule has 1 amide bonds. The number of benzene rings is 1. The van der Waals surface area contributed by atoms with E-state index in [4.69, 9.17) is 9.47 Å². The van der Waals surface area contributed by atoms with Gasteiger partial charge in [-0.1, -0.05) is 13.8 Å². The summed E-state index contributed by atoms with van der Waals surface area (Å²) in [5.41, 5.74) is 3.57. The fourth-order valence-corrected chi connectivity index (χ4v) is 3.96. The first kappa shape index (κ1) is 22.3. The molecule has 4 rings (SSSR count). The summed E-state index contributed by atoms with van der Waals surface area (Å²) >= 11 is 0. The van der Waals surface area contributed by atoms with Crippen LogP contribution < -0.4 is 15.4 Å². The fourth-order valence-electron chi connectivity index (χ4n) is 3.96. The average Bonchev–Trinajstić information content (AvgIpc) is 3.02. The molecule has 0 saturated carbocycles. The summed E-state index contributed by atoms with van der Waals surface area (Å²) in [7, 11) is 0. The number of ether oxygens (including phenoxy) is 2. The van der Waals surface area contributed by atoms with Gasteiger partial charge < -0.3 is 20.1 Å². The Morgan fingerprint density at radius 3 is 2.79 bits per heavy atom. The third-order valence-corrected chi connectivity index (χ3v) is 5.47. The van der Waals surface area contributed by atoms with Gasteiger partial charge in [0.15, 0.2) is 0 Å². The van der Waals surface area contributed by atoms with Gasteiger partial charge in [0.2, 0.25) is 0 Å². The molecule has 0 saturated heterocycles. The molecule has 0 spiro atoms. The quantitative estimate of drug-likeness (QED) is 0.622. The Labute approximate surface area is 191 Å². The van der Waals surface area contributed by atoms with Crippen molar-refractivity contribution in [1.29, 1.82) is 0 Å². The molecule has 0 atom stereocenters. The van der Waals surface area contributed by atoms with Crippen molar-refractivity contribution in [2.75, 3.05) is 13.2 Å². The minimum atomic E-state index is -0.628. The van der Waals surface area contributed by atoms with Crippen LogP contribution in [0.15, 0.2) is 36.8 Å². The molecule has 0 unspecified atom stereocenters. The highest BCUT2D eigenvalue weighted by Gasteiger charge is 2.32. The van der Waals surface area contributed by atoms with E-state index >= 15 is 0 Å². The molecule has 9 heteroatoms. The minimum Gasteiger partial charge on any atom is -0.449 e. The van der Waals surface area contributed by atoms with Gasteiger partial charge in [0.25, 0.3) is 0 Å². The van der Waals surface area contributed by atoms with Crippen molar-refractivity contribution in [2.45, 2.75) is 39.7 Å². The number of rotatable bonds is 4. The van der Waals surface area contributed by atoms with Crippen LogP contribution in [0.3, 0.4) is 0 Å². The normalized spacial score (nSPS) is 14.2. The average molecular weight is 450 g/mol. The van der Waals surface area contributed by atoms with Crippen LogP contribution in [0.5, 0.6) is 5.75 Å². The molecule has 33 heavy (non-hydrogen) atoms. The Bertz CT molecular complexity index is 1230. The summed E-state index contributed by atoms with van der Waals surface area (Å²) in [6.45, 7) is 8.99. The van der Waals surface area contributed by atoms with Crippen molar-refractivity contribution in [1.82, 2.24) is 25.2 Å². The van der Waals surface area contributed by atoms with Crippen LogP contribution in [-0.4, -0.2) is 39.9 Å². The fraction of sp³-hybridized carbons (Fsp3) is 0.333. The summed E-state index contributed by atoms with van der Waals surface area (Å²) < 4.78 is 12.3. The highest BCUT2D eigenvalue weighted by molar-refractivity contribution is 5.98. The molecule has 0 aliphatic carbocycles. The molecule has 172 valence electrons. The second kappa shape index (κ2) is 8.93. The monoisotopic (exact) mass is 449 g/mol. The predicted octanol–water partition coefficient (Wildman–Crippen LogP) is 3.88. The van der Waals surface area contributed by atoms with Gasteiger partial charge >= 0.3 is 12.2 Å². The maximum atomic E-state index is 12.9. The summed E-state index contributed by atoms with van der Waals surface area (Å²) in [5.74, 6) is 0.313. The van der Waals surface area contributed by atoms with Crippen LogP contribution >= 0.6 is 0 Å². The third-order valence-electron chi connectivity index (χ3n) is 5.47. The van der Waals surface area contributed by atoms with Crippen LogP contribution in [0.4, 0.5) is 9.59 Å². The van der Waals surface area contributed by atoms with Gasteiger partial charge in [0.05, 0.1) is 41.9 Å². The first-order valence-corrected chi connectivity index (χ1v) is 10.8. The summed E-state index contributed by atoms with van der Waals surface area (Å²) in [6, 6.07) is 5.28. The lowest BCUT2D eigenvalue weighted by molar-refractivity contribution is 0.155. The first-order valence-electron chi connectivity index (χ1n) is 10.8. The lowest BCUT2D eigenvalue weighted by atomic mass is 9.83. The Balaban J connectivity index is 1.66. The van der Waals surface area contributed by atoms with E-state index in [1.54, 1.807) is 31.5 Å². The molecule has 0 fully saturated rings. The topological polar surface area (TPSA) is 107 Å². The van der Waals surface area contributed by atoms with Crippen LogP contribution in [0, 0.1) is 6.92 Å². The van der Waals surface area contributed by atoms with Crippen molar-refractivity contribution in [3.05, 3.63) is 59.4 Å². The van der Waals surface area contributed by atoms with E-state index in [0.717, 1.165) is 22.3 Å². The molecular formula is C24H27N5O4. The van der Waals surface area contributed by atoms with E-state index in [1.807, 2.05) is 25.3 Å². The maximum absolute atomic E-state index is 12.9. The van der Waals surface area contributed by atoms with Crippen molar-refractivity contribution >= 4 is 29.2 Å². The molecule has 2 aromatic heterocycles. The van der Waals surface area contributed by atoms with Crippen LogP contribution in [0.25, 0.3) is 17.0 Å². The predicted molar refractivity (Wildman–Crippen MR) is 124 cm³/mol. The number of amides is 1. The van der Waals surface area contributed by atoms with Crippen molar-refractivity contribution < 1.29 is 19.1 Å². The van der Waals surface area contributed by atoms with Crippen molar-refractivity contribution in [3.63, 3.8) is 0 Å². The van der Waals surface area contributed by atoms with Crippen LogP contribution in [-0.2, 0) is 16.7 Å². The van der Waals surface area contributed by atoms with Gasteiger partial charge in [-0.25, -0.2) is 14.2 Å². The Hall–Kier alpha value is -3.88. The molecule has 0 radical (unpaired) electrons. The second-order valence-corrected chi connectivity index (χ2v) is 8.46. The molecule has 9 nitrogen and oxygen atoms in total. The number of carbonyl (C=O) groups excluding carboxylic acids is 2. The van der Waals surface area contributed by atoms with E-state index in [-0.39, 0.29) is 18.6 Å². The van der Waals surface area contributed by atoms with Gasteiger partial charge in [-0.3, -0.25) is 9.97 Å². The van der Waals surface area contributed by atoms with E-state index in [9.17, 15) is 9.59 Å². The number of fused-ring (bicyclic) bond motifs is 3. The minimum absolute atomic E-state index is 0.188. The van der Waals surface area contributed by atoms with E-state index in [1.165, 1.54) is 4.57 Å². The molecule has 1 aromatic carbocycles. The third kappa shape index (κ3) is 4.52. The van der Waals surface area contributed by atoms with Crippen molar-refractivity contribution in [3.8, 4) is 5.75 Å². The molecule has 2 N–H and O–H groups in total. The maximum Gasteiger partial charge on any atom is 0.418 e. The van der Waals surface area contributed by atoms with Crippen LogP contribution in [0.2, 0.25) is 0 Å². The Morgan fingerprint density at radius 1 is 1.24 bits per heavy atom. The van der Waals surface area contributed by atoms with Gasteiger partial charge in [0.1, 0.15) is 5.75 Å². The molecule has 1 aliphatic heterocycles. The summed E-state index contributed by atoms with van der Waals surface area (Å²) in [5, 5.41) is 6.83. The smallest absolute Gasteiger partial charge is 0.418 e. The SMILES string of the molecule is CCOC(=O)n1c2c(c3ccc(OC(=O)NCc4cnc(C)cn4)cc31)C(C)(C)CNC=C2. The summed E-state index contributed by atoms with van der Waals surface area (Å²) in [6.07, 6.45) is 5.83. The van der Waals surface area contributed by atoms with Gasteiger partial charge in [-0.2, -0.15) is 0 Å². The van der Waals surface area contributed by atoms with Crippen LogP contribution in [0.1, 0.15) is 43.4 Å². The number of hydrogen-bond donors (Lipinski definition) is 2. The Morgan fingerprint density at radius 2 is 2.06 bits per heavy atom. The Kier molecular flexibility index (Phi) is 6.04. The zero-order valence-electron chi connectivity index (χ0n) is 19.1. The first-order chi connectivity index (χ1) is 15.8. The lowest BCUT2D eigenvalue weighted by Gasteiger charge is -2.24.